The molecular weight excluding hydrogens is 124 g/mol. The van der Waals surface area contributed by atoms with E-state index in [1.165, 1.54) is 32.1 Å². The van der Waals surface area contributed by atoms with E-state index in [-0.39, 0.29) is 6.10 Å². The highest BCUT2D eigenvalue weighted by molar-refractivity contribution is 4.84. The van der Waals surface area contributed by atoms with Gasteiger partial charge in [0.25, 0.3) is 0 Å². The van der Waals surface area contributed by atoms with Crippen molar-refractivity contribution < 1.29 is 5.11 Å². The van der Waals surface area contributed by atoms with Gasteiger partial charge < -0.3 is 5.11 Å². The van der Waals surface area contributed by atoms with Crippen LogP contribution in [0.5, 0.6) is 0 Å². The summed E-state index contributed by atoms with van der Waals surface area (Å²) in [4.78, 5) is 0. The smallest absolute Gasteiger partial charge is 0.0571 e. The Morgan fingerprint density at radius 3 is 2.30 bits per heavy atom. The van der Waals surface area contributed by atoms with Gasteiger partial charge in [0.15, 0.2) is 0 Å². The molecule has 2 saturated carbocycles. The summed E-state index contributed by atoms with van der Waals surface area (Å²) in [5.41, 5.74) is 0. The van der Waals surface area contributed by atoms with Crippen LogP contribution in [0.4, 0.5) is 0 Å². The van der Waals surface area contributed by atoms with Gasteiger partial charge in [-0.2, -0.15) is 0 Å². The van der Waals surface area contributed by atoms with E-state index in [0.29, 0.717) is 5.92 Å². The van der Waals surface area contributed by atoms with Crippen LogP contribution in [0.15, 0.2) is 0 Å². The minimum Gasteiger partial charge on any atom is -0.393 e. The molecular formula is C9H16O. The first-order valence-electron chi connectivity index (χ1n) is 4.54. The van der Waals surface area contributed by atoms with Crippen LogP contribution >= 0.6 is 0 Å². The summed E-state index contributed by atoms with van der Waals surface area (Å²) in [5.74, 6) is 1.58. The molecule has 1 unspecified atom stereocenters. The summed E-state index contributed by atoms with van der Waals surface area (Å²) in [7, 11) is 0. The van der Waals surface area contributed by atoms with E-state index in [9.17, 15) is 5.11 Å². The average Bonchev–Trinajstić information content (AvgIpc) is 2.58. The second-order valence-electron chi connectivity index (χ2n) is 3.94. The second-order valence-corrected chi connectivity index (χ2v) is 3.94. The van der Waals surface area contributed by atoms with Crippen molar-refractivity contribution in [3.63, 3.8) is 0 Å². The maximum absolute atomic E-state index is 9.52. The molecule has 2 aliphatic carbocycles. The molecule has 1 atom stereocenters. The van der Waals surface area contributed by atoms with Crippen molar-refractivity contribution in [3.8, 4) is 0 Å². The zero-order chi connectivity index (χ0) is 6.97. The highest BCUT2D eigenvalue weighted by Crippen LogP contribution is 2.39. The van der Waals surface area contributed by atoms with E-state index >= 15 is 0 Å². The summed E-state index contributed by atoms with van der Waals surface area (Å²) < 4.78 is 0. The van der Waals surface area contributed by atoms with Gasteiger partial charge in [-0.25, -0.2) is 0 Å². The fourth-order valence-corrected chi connectivity index (χ4v) is 1.74. The van der Waals surface area contributed by atoms with Crippen LogP contribution in [0.1, 0.15) is 38.5 Å². The van der Waals surface area contributed by atoms with E-state index < -0.39 is 0 Å². The molecule has 0 spiro atoms. The van der Waals surface area contributed by atoms with Gasteiger partial charge in [0.2, 0.25) is 0 Å². The van der Waals surface area contributed by atoms with Crippen molar-refractivity contribution in [3.05, 3.63) is 0 Å². The molecule has 0 aromatic heterocycles. The van der Waals surface area contributed by atoms with Gasteiger partial charge in [-0.15, -0.1) is 0 Å². The molecule has 0 saturated heterocycles. The van der Waals surface area contributed by atoms with Crippen molar-refractivity contribution in [2.75, 3.05) is 0 Å². The van der Waals surface area contributed by atoms with Crippen LogP contribution < -0.4 is 0 Å². The van der Waals surface area contributed by atoms with Crippen molar-refractivity contribution in [2.24, 2.45) is 11.8 Å². The van der Waals surface area contributed by atoms with Crippen LogP contribution in [0.25, 0.3) is 0 Å². The molecule has 10 heavy (non-hydrogen) atoms. The fraction of sp³-hybridized carbons (Fsp3) is 1.00. The first-order valence-corrected chi connectivity index (χ1v) is 4.54. The van der Waals surface area contributed by atoms with E-state index in [4.69, 9.17) is 0 Å². The molecule has 2 aliphatic rings. The third-order valence-corrected chi connectivity index (χ3v) is 2.97. The van der Waals surface area contributed by atoms with Gasteiger partial charge in [0, 0.05) is 0 Å². The van der Waals surface area contributed by atoms with Gasteiger partial charge in [-0.1, -0.05) is 19.3 Å². The summed E-state index contributed by atoms with van der Waals surface area (Å²) in [6.07, 6.45) is 7.90. The molecule has 2 fully saturated rings. The molecule has 0 aromatic rings. The summed E-state index contributed by atoms with van der Waals surface area (Å²) >= 11 is 0. The molecule has 1 heteroatoms. The van der Waals surface area contributed by atoms with Gasteiger partial charge >= 0.3 is 0 Å². The Hall–Kier alpha value is -0.0400. The SMILES string of the molecule is OC(CC1CCC1)C1CC1. The molecule has 58 valence electrons. The molecule has 0 aliphatic heterocycles. The Morgan fingerprint density at radius 1 is 1.20 bits per heavy atom. The highest BCUT2D eigenvalue weighted by atomic mass is 16.3. The van der Waals surface area contributed by atoms with Crippen molar-refractivity contribution >= 4 is 0 Å². The Balaban J connectivity index is 1.67. The molecule has 0 radical (unpaired) electrons. The fourth-order valence-electron chi connectivity index (χ4n) is 1.74. The van der Waals surface area contributed by atoms with E-state index in [2.05, 4.69) is 0 Å². The maximum atomic E-state index is 9.52. The van der Waals surface area contributed by atoms with Crippen LogP contribution in [-0.4, -0.2) is 11.2 Å². The third kappa shape index (κ3) is 1.34. The Morgan fingerprint density at radius 2 is 1.90 bits per heavy atom. The van der Waals surface area contributed by atoms with E-state index in [0.717, 1.165) is 12.3 Å². The van der Waals surface area contributed by atoms with E-state index in [1.54, 1.807) is 0 Å². The maximum Gasteiger partial charge on any atom is 0.0571 e. The van der Waals surface area contributed by atoms with Gasteiger partial charge in [0.1, 0.15) is 0 Å². The average molecular weight is 140 g/mol. The zero-order valence-electron chi connectivity index (χ0n) is 6.42. The first-order chi connectivity index (χ1) is 4.86. The Labute approximate surface area is 62.4 Å². The summed E-state index contributed by atoms with van der Waals surface area (Å²) in [6, 6.07) is 0. The minimum absolute atomic E-state index is 0.0605. The predicted octanol–water partition coefficient (Wildman–Crippen LogP) is 1.95. The lowest BCUT2D eigenvalue weighted by Gasteiger charge is -2.27. The second kappa shape index (κ2) is 2.54. The van der Waals surface area contributed by atoms with Crippen LogP contribution in [0.3, 0.4) is 0 Å². The van der Waals surface area contributed by atoms with Crippen LogP contribution in [-0.2, 0) is 0 Å². The number of hydrogen-bond acceptors (Lipinski definition) is 1. The monoisotopic (exact) mass is 140 g/mol. The summed E-state index contributed by atoms with van der Waals surface area (Å²) in [5, 5.41) is 9.52. The number of aliphatic hydroxyl groups excluding tert-OH is 1. The van der Waals surface area contributed by atoms with Gasteiger partial charge in [-0.3, -0.25) is 0 Å². The number of rotatable bonds is 3. The number of hydrogen-bond donors (Lipinski definition) is 1. The molecule has 0 bridgehead atoms. The molecule has 1 nitrogen and oxygen atoms in total. The lowest BCUT2D eigenvalue weighted by atomic mass is 9.81. The van der Waals surface area contributed by atoms with E-state index in [1.807, 2.05) is 0 Å². The lowest BCUT2D eigenvalue weighted by Crippen LogP contribution is -2.20. The number of aliphatic hydroxyl groups is 1. The quantitative estimate of drug-likeness (QED) is 0.635. The molecule has 0 aromatic carbocycles. The van der Waals surface area contributed by atoms with Crippen molar-refractivity contribution in [2.45, 2.75) is 44.6 Å². The molecule has 1 N–H and O–H groups in total. The minimum atomic E-state index is 0.0605. The first kappa shape index (κ1) is 6.66. The van der Waals surface area contributed by atoms with Crippen LogP contribution in [0, 0.1) is 11.8 Å². The van der Waals surface area contributed by atoms with Gasteiger partial charge in [-0.05, 0) is 31.1 Å². The lowest BCUT2D eigenvalue weighted by molar-refractivity contribution is 0.0991. The third-order valence-electron chi connectivity index (χ3n) is 2.97. The Bertz CT molecular complexity index is 114. The van der Waals surface area contributed by atoms with Gasteiger partial charge in [0.05, 0.1) is 6.10 Å². The topological polar surface area (TPSA) is 20.2 Å². The zero-order valence-corrected chi connectivity index (χ0v) is 6.42. The van der Waals surface area contributed by atoms with Crippen molar-refractivity contribution in [1.29, 1.82) is 0 Å². The van der Waals surface area contributed by atoms with Crippen molar-refractivity contribution in [1.82, 2.24) is 0 Å². The highest BCUT2D eigenvalue weighted by Gasteiger charge is 2.32. The molecule has 2 rings (SSSR count). The predicted molar refractivity (Wildman–Crippen MR) is 40.7 cm³/mol. The van der Waals surface area contributed by atoms with Crippen LogP contribution in [0.2, 0.25) is 0 Å². The molecule has 0 heterocycles. The largest absolute Gasteiger partial charge is 0.393 e. The normalized spacial score (nSPS) is 29.7. The Kier molecular flexibility index (Phi) is 1.69. The molecule has 0 amide bonds. The summed E-state index contributed by atoms with van der Waals surface area (Å²) in [6.45, 7) is 0. The standard InChI is InChI=1S/C9H16O/c10-9(8-4-5-8)6-7-2-1-3-7/h7-10H,1-6H2.